The Balaban J connectivity index is 1.43. The highest BCUT2D eigenvalue weighted by Crippen LogP contribution is 2.48. The molecule has 160 valence electrons. The molecule has 2 aromatic rings. The standard InChI is InChI=1S/C21H26FN5O3/c1-14(2)20(29)26-8-17(19-24-23-13-25(19)3)21(10-26)11-27(12-21)18(28)9-30-16-6-4-15(22)5-7-16/h4-7,13-14,17H,8-12H2,1-3H3. The third kappa shape index (κ3) is 3.64. The van der Waals surface area contributed by atoms with Gasteiger partial charge in [-0.15, -0.1) is 10.2 Å². The maximum Gasteiger partial charge on any atom is 0.260 e. The SMILES string of the molecule is CC(C)C(=O)N1CC(c2nncn2C)C2(CN(C(=O)COc3ccc(F)cc3)C2)C1. The molecule has 0 saturated carbocycles. The molecular formula is C21H26FN5O3. The number of benzene rings is 1. The monoisotopic (exact) mass is 415 g/mol. The van der Waals surface area contributed by atoms with Crippen molar-refractivity contribution < 1.29 is 18.7 Å². The summed E-state index contributed by atoms with van der Waals surface area (Å²) in [5.41, 5.74) is -0.225. The molecule has 0 N–H and O–H groups in total. The van der Waals surface area contributed by atoms with Gasteiger partial charge < -0.3 is 19.1 Å². The Morgan fingerprint density at radius 1 is 1.20 bits per heavy atom. The molecule has 1 aromatic heterocycles. The molecule has 2 aliphatic rings. The van der Waals surface area contributed by atoms with Crippen molar-refractivity contribution in [1.29, 1.82) is 0 Å². The van der Waals surface area contributed by atoms with Crippen LogP contribution in [0, 0.1) is 17.2 Å². The van der Waals surface area contributed by atoms with Gasteiger partial charge in [-0.25, -0.2) is 4.39 Å². The van der Waals surface area contributed by atoms with Crippen LogP contribution in [0.15, 0.2) is 30.6 Å². The summed E-state index contributed by atoms with van der Waals surface area (Å²) in [5.74, 6) is 0.862. The van der Waals surface area contributed by atoms with E-state index in [1.807, 2.05) is 30.4 Å². The summed E-state index contributed by atoms with van der Waals surface area (Å²) in [6, 6.07) is 5.58. The third-order valence-corrected chi connectivity index (χ3v) is 6.05. The molecule has 2 fully saturated rings. The van der Waals surface area contributed by atoms with E-state index in [0.717, 1.165) is 5.82 Å². The van der Waals surface area contributed by atoms with Crippen molar-refractivity contribution in [3.05, 3.63) is 42.2 Å². The lowest BCUT2D eigenvalue weighted by Gasteiger charge is -2.50. The van der Waals surface area contributed by atoms with Crippen molar-refractivity contribution in [2.24, 2.45) is 18.4 Å². The first-order chi connectivity index (χ1) is 14.3. The fourth-order valence-electron chi connectivity index (χ4n) is 4.44. The van der Waals surface area contributed by atoms with Crippen molar-refractivity contribution in [3.8, 4) is 5.75 Å². The van der Waals surface area contributed by atoms with Crippen LogP contribution >= 0.6 is 0 Å². The number of ether oxygens (including phenoxy) is 1. The van der Waals surface area contributed by atoms with Crippen LogP contribution < -0.4 is 4.74 Å². The number of hydrogen-bond donors (Lipinski definition) is 0. The van der Waals surface area contributed by atoms with Gasteiger partial charge in [0.05, 0.1) is 0 Å². The predicted molar refractivity (Wildman–Crippen MR) is 106 cm³/mol. The number of nitrogens with zero attached hydrogens (tertiary/aromatic N) is 5. The molecule has 2 amide bonds. The maximum atomic E-state index is 13.0. The van der Waals surface area contributed by atoms with Crippen molar-refractivity contribution in [1.82, 2.24) is 24.6 Å². The van der Waals surface area contributed by atoms with Gasteiger partial charge in [0.2, 0.25) is 5.91 Å². The average Bonchev–Trinajstić information content (AvgIpc) is 3.28. The van der Waals surface area contributed by atoms with E-state index >= 15 is 0 Å². The first kappa shape index (κ1) is 20.3. The molecule has 30 heavy (non-hydrogen) atoms. The summed E-state index contributed by atoms with van der Waals surface area (Å²) < 4.78 is 20.4. The number of amides is 2. The predicted octanol–water partition coefficient (Wildman–Crippen LogP) is 1.44. The molecule has 0 aliphatic carbocycles. The van der Waals surface area contributed by atoms with Gasteiger partial charge in [0.1, 0.15) is 23.7 Å². The summed E-state index contributed by atoms with van der Waals surface area (Å²) >= 11 is 0. The van der Waals surface area contributed by atoms with Crippen LogP contribution in [0.3, 0.4) is 0 Å². The third-order valence-electron chi connectivity index (χ3n) is 6.05. The highest BCUT2D eigenvalue weighted by Gasteiger charge is 2.58. The second kappa shape index (κ2) is 7.70. The smallest absolute Gasteiger partial charge is 0.260 e. The molecule has 0 radical (unpaired) electrons. The molecule has 8 nitrogen and oxygen atoms in total. The molecule has 1 spiro atoms. The van der Waals surface area contributed by atoms with E-state index in [0.29, 0.717) is 31.9 Å². The van der Waals surface area contributed by atoms with E-state index in [1.54, 1.807) is 11.2 Å². The lowest BCUT2D eigenvalue weighted by Crippen LogP contribution is -2.62. The highest BCUT2D eigenvalue weighted by atomic mass is 19.1. The van der Waals surface area contributed by atoms with Gasteiger partial charge in [-0.2, -0.15) is 0 Å². The van der Waals surface area contributed by atoms with Crippen LogP contribution in [-0.2, 0) is 16.6 Å². The van der Waals surface area contributed by atoms with E-state index < -0.39 is 0 Å². The number of rotatable bonds is 5. The number of likely N-dealkylation sites (tertiary alicyclic amines) is 2. The van der Waals surface area contributed by atoms with Gasteiger partial charge in [0.15, 0.2) is 6.61 Å². The Morgan fingerprint density at radius 2 is 1.87 bits per heavy atom. The molecule has 3 heterocycles. The zero-order valence-corrected chi connectivity index (χ0v) is 17.4. The minimum Gasteiger partial charge on any atom is -0.484 e. The molecule has 1 atom stereocenters. The number of hydrogen-bond acceptors (Lipinski definition) is 5. The Hall–Kier alpha value is -2.97. The van der Waals surface area contributed by atoms with Crippen LogP contribution in [-0.4, -0.2) is 69.2 Å². The average molecular weight is 415 g/mol. The number of halogens is 1. The minimum absolute atomic E-state index is 0.0229. The van der Waals surface area contributed by atoms with Crippen LogP contribution in [0.1, 0.15) is 25.6 Å². The van der Waals surface area contributed by atoms with Crippen molar-refractivity contribution in [3.63, 3.8) is 0 Å². The first-order valence-corrected chi connectivity index (χ1v) is 10.1. The fraction of sp³-hybridized carbons (Fsp3) is 0.524. The summed E-state index contributed by atoms with van der Waals surface area (Å²) in [6.07, 6.45) is 1.66. The quantitative estimate of drug-likeness (QED) is 0.738. The van der Waals surface area contributed by atoms with Gasteiger partial charge in [0.25, 0.3) is 5.91 Å². The number of carbonyl (C=O) groups is 2. The molecule has 2 aliphatic heterocycles. The Bertz CT molecular complexity index is 936. The van der Waals surface area contributed by atoms with Gasteiger partial charge in [0, 0.05) is 50.5 Å². The second-order valence-corrected chi connectivity index (χ2v) is 8.58. The van der Waals surface area contributed by atoms with Crippen LogP contribution in [0.5, 0.6) is 5.75 Å². The van der Waals surface area contributed by atoms with Crippen LogP contribution in [0.4, 0.5) is 4.39 Å². The van der Waals surface area contributed by atoms with E-state index in [2.05, 4.69) is 10.2 Å². The van der Waals surface area contributed by atoms with Crippen molar-refractivity contribution in [2.75, 3.05) is 32.8 Å². The summed E-state index contributed by atoms with van der Waals surface area (Å²) in [5, 5.41) is 8.28. The molecule has 9 heteroatoms. The first-order valence-electron chi connectivity index (χ1n) is 10.1. The molecule has 0 bridgehead atoms. The molecule has 1 unspecified atom stereocenters. The van der Waals surface area contributed by atoms with Crippen LogP contribution in [0.25, 0.3) is 0 Å². The normalized spacial score (nSPS) is 20.0. The van der Waals surface area contributed by atoms with E-state index in [1.165, 1.54) is 24.3 Å². The molecule has 4 rings (SSSR count). The highest BCUT2D eigenvalue weighted by molar-refractivity contribution is 5.80. The summed E-state index contributed by atoms with van der Waals surface area (Å²) in [4.78, 5) is 28.9. The maximum absolute atomic E-state index is 13.0. The van der Waals surface area contributed by atoms with Gasteiger partial charge >= 0.3 is 0 Å². The molecule has 2 saturated heterocycles. The van der Waals surface area contributed by atoms with Crippen molar-refractivity contribution in [2.45, 2.75) is 19.8 Å². The molecule has 1 aromatic carbocycles. The van der Waals surface area contributed by atoms with Gasteiger partial charge in [-0.1, -0.05) is 13.8 Å². The minimum atomic E-state index is -0.352. The number of aryl methyl sites for hydroxylation is 1. The number of aromatic nitrogens is 3. The zero-order chi connectivity index (χ0) is 21.5. The van der Waals surface area contributed by atoms with E-state index in [4.69, 9.17) is 4.74 Å². The topological polar surface area (TPSA) is 80.6 Å². The lowest BCUT2D eigenvalue weighted by atomic mass is 9.71. The Kier molecular flexibility index (Phi) is 5.21. The van der Waals surface area contributed by atoms with Gasteiger partial charge in [-0.05, 0) is 24.3 Å². The summed E-state index contributed by atoms with van der Waals surface area (Å²) in [7, 11) is 1.90. The largest absolute Gasteiger partial charge is 0.484 e. The Morgan fingerprint density at radius 3 is 2.47 bits per heavy atom. The van der Waals surface area contributed by atoms with Gasteiger partial charge in [-0.3, -0.25) is 9.59 Å². The van der Waals surface area contributed by atoms with Crippen molar-refractivity contribution >= 4 is 11.8 Å². The van der Waals surface area contributed by atoms with E-state index in [-0.39, 0.29) is 41.5 Å². The lowest BCUT2D eigenvalue weighted by molar-refractivity contribution is -0.146. The Labute approximate surface area is 174 Å². The second-order valence-electron chi connectivity index (χ2n) is 8.58. The number of carbonyl (C=O) groups excluding carboxylic acids is 2. The van der Waals surface area contributed by atoms with Crippen LogP contribution in [0.2, 0.25) is 0 Å². The fourth-order valence-corrected chi connectivity index (χ4v) is 4.44. The zero-order valence-electron chi connectivity index (χ0n) is 17.4. The van der Waals surface area contributed by atoms with E-state index in [9.17, 15) is 14.0 Å². The molecular weight excluding hydrogens is 389 g/mol. The summed E-state index contributed by atoms with van der Waals surface area (Å²) in [6.45, 7) is 5.95.